The normalized spacial score (nSPS) is 11.0. The molecule has 0 saturated carbocycles. The number of carbonyl (C=O) groups excluding carboxylic acids is 1. The van der Waals surface area contributed by atoms with Crippen molar-refractivity contribution in [3.05, 3.63) is 23.8 Å². The molecule has 0 aromatic carbocycles. The zero-order chi connectivity index (χ0) is 15.4. The van der Waals surface area contributed by atoms with Gasteiger partial charge in [-0.15, -0.1) is 0 Å². The molecule has 0 spiro atoms. The largest absolute Gasteiger partial charge is 0.395 e. The number of carbonyl (C=O) groups is 1. The Labute approximate surface area is 122 Å². The summed E-state index contributed by atoms with van der Waals surface area (Å²) in [5.41, 5.74) is 7.87. The van der Waals surface area contributed by atoms with Gasteiger partial charge in [0.25, 0.3) is 5.91 Å². The highest BCUT2D eigenvalue weighted by Crippen LogP contribution is 2.22. The smallest absolute Gasteiger partial charge is 0.278 e. The fraction of sp³-hybridized carbons (Fsp3) is 0.462. The van der Waals surface area contributed by atoms with Crippen LogP contribution in [0.4, 0.5) is 11.4 Å². The van der Waals surface area contributed by atoms with Gasteiger partial charge in [-0.1, -0.05) is 13.8 Å². The van der Waals surface area contributed by atoms with Crippen LogP contribution in [-0.4, -0.2) is 39.6 Å². The number of aromatic amines is 1. The maximum atomic E-state index is 12.2. The fourth-order valence-electron chi connectivity index (χ4n) is 1.90. The molecule has 0 atom stereocenters. The number of aromatic nitrogens is 4. The first-order valence-electron chi connectivity index (χ1n) is 6.69. The van der Waals surface area contributed by atoms with Crippen molar-refractivity contribution in [2.75, 3.05) is 24.8 Å². The van der Waals surface area contributed by atoms with Crippen LogP contribution in [0.25, 0.3) is 0 Å². The van der Waals surface area contributed by atoms with E-state index in [1.165, 1.54) is 0 Å². The molecule has 114 valence electrons. The van der Waals surface area contributed by atoms with Gasteiger partial charge in [-0.2, -0.15) is 10.2 Å². The number of H-pyrrole nitrogens is 1. The second-order valence-electron chi connectivity index (χ2n) is 4.99. The average Bonchev–Trinajstić information content (AvgIpc) is 3.03. The maximum absolute atomic E-state index is 12.2. The number of nitrogens with two attached hydrogens (primary N) is 1. The maximum Gasteiger partial charge on any atom is 0.278 e. The van der Waals surface area contributed by atoms with Gasteiger partial charge in [0.05, 0.1) is 36.4 Å². The van der Waals surface area contributed by atoms with Crippen LogP contribution < -0.4 is 11.1 Å². The first-order chi connectivity index (χ1) is 10.0. The molecular formula is C13H20N6O2. The molecule has 2 heterocycles. The summed E-state index contributed by atoms with van der Waals surface area (Å²) in [6.07, 6.45) is 3.29. The van der Waals surface area contributed by atoms with Gasteiger partial charge in [0.1, 0.15) is 0 Å². The van der Waals surface area contributed by atoms with Crippen LogP contribution in [0.3, 0.4) is 0 Å². The van der Waals surface area contributed by atoms with Gasteiger partial charge in [0, 0.05) is 13.3 Å². The predicted molar refractivity (Wildman–Crippen MR) is 79.1 cm³/mol. The number of hydrogen-bond acceptors (Lipinski definition) is 5. The van der Waals surface area contributed by atoms with Crippen LogP contribution in [0, 0.1) is 0 Å². The van der Waals surface area contributed by atoms with Crippen molar-refractivity contribution < 1.29 is 9.53 Å². The molecule has 0 fully saturated rings. The third-order valence-electron chi connectivity index (χ3n) is 3.04. The Morgan fingerprint density at radius 2 is 2.33 bits per heavy atom. The number of nitrogens with one attached hydrogen (secondary N) is 2. The number of hydrogen-bond donors (Lipinski definition) is 3. The summed E-state index contributed by atoms with van der Waals surface area (Å²) < 4.78 is 6.65. The van der Waals surface area contributed by atoms with Gasteiger partial charge in [-0.05, 0) is 5.92 Å². The Morgan fingerprint density at radius 1 is 1.57 bits per heavy atom. The Morgan fingerprint density at radius 3 is 2.95 bits per heavy atom. The van der Waals surface area contributed by atoms with E-state index in [4.69, 9.17) is 10.5 Å². The first kappa shape index (κ1) is 15.0. The summed E-state index contributed by atoms with van der Waals surface area (Å²) in [4.78, 5) is 12.2. The molecule has 0 radical (unpaired) electrons. The van der Waals surface area contributed by atoms with Crippen LogP contribution in [0.2, 0.25) is 0 Å². The number of amides is 1. The molecule has 8 nitrogen and oxygen atoms in total. The predicted octanol–water partition coefficient (Wildman–Crippen LogP) is 1.21. The molecule has 0 unspecified atom stereocenters. The summed E-state index contributed by atoms with van der Waals surface area (Å²) in [6.45, 7) is 5.13. The van der Waals surface area contributed by atoms with Gasteiger partial charge >= 0.3 is 0 Å². The van der Waals surface area contributed by atoms with Crippen molar-refractivity contribution in [2.45, 2.75) is 26.3 Å². The SMILES string of the molecule is COCCn1cc(NC(=O)c2n[nH]c(C(C)C)c2N)cn1. The van der Waals surface area contributed by atoms with Crippen LogP contribution in [0.1, 0.15) is 35.9 Å². The first-order valence-corrected chi connectivity index (χ1v) is 6.69. The Kier molecular flexibility index (Phi) is 4.59. The molecule has 0 saturated heterocycles. The van der Waals surface area contributed by atoms with Crippen LogP contribution >= 0.6 is 0 Å². The van der Waals surface area contributed by atoms with Crippen LogP contribution in [-0.2, 0) is 11.3 Å². The molecule has 21 heavy (non-hydrogen) atoms. The van der Waals surface area contributed by atoms with Gasteiger partial charge in [-0.25, -0.2) is 0 Å². The zero-order valence-corrected chi connectivity index (χ0v) is 12.4. The summed E-state index contributed by atoms with van der Waals surface area (Å²) in [6, 6.07) is 0. The second kappa shape index (κ2) is 6.40. The van der Waals surface area contributed by atoms with E-state index in [0.29, 0.717) is 24.5 Å². The summed E-state index contributed by atoms with van der Waals surface area (Å²) >= 11 is 0. The van der Waals surface area contributed by atoms with Crippen molar-refractivity contribution in [3.63, 3.8) is 0 Å². The number of methoxy groups -OCH3 is 1. The third kappa shape index (κ3) is 3.40. The lowest BCUT2D eigenvalue weighted by molar-refractivity contribution is 0.102. The van der Waals surface area contributed by atoms with Crippen LogP contribution in [0.15, 0.2) is 12.4 Å². The summed E-state index contributed by atoms with van der Waals surface area (Å²) in [7, 11) is 1.62. The summed E-state index contributed by atoms with van der Waals surface area (Å²) in [5.74, 6) is -0.183. The van der Waals surface area contributed by atoms with Crippen molar-refractivity contribution in [2.24, 2.45) is 0 Å². The van der Waals surface area contributed by atoms with Crippen molar-refractivity contribution in [3.8, 4) is 0 Å². The van der Waals surface area contributed by atoms with E-state index >= 15 is 0 Å². The highest BCUT2D eigenvalue weighted by molar-refractivity contribution is 6.06. The topological polar surface area (TPSA) is 111 Å². The molecule has 0 bridgehead atoms. The Bertz CT molecular complexity index is 616. The molecule has 2 aromatic rings. The fourth-order valence-corrected chi connectivity index (χ4v) is 1.90. The molecule has 2 rings (SSSR count). The van der Waals surface area contributed by atoms with Crippen molar-refractivity contribution >= 4 is 17.3 Å². The summed E-state index contributed by atoms with van der Waals surface area (Å²) in [5, 5.41) is 13.6. The lowest BCUT2D eigenvalue weighted by atomic mass is 10.1. The molecule has 4 N–H and O–H groups in total. The van der Waals surface area contributed by atoms with Crippen LogP contribution in [0.5, 0.6) is 0 Å². The van der Waals surface area contributed by atoms with Gasteiger partial charge < -0.3 is 15.8 Å². The molecule has 0 aliphatic heterocycles. The number of rotatable bonds is 6. The molecule has 1 amide bonds. The minimum atomic E-state index is -0.359. The van der Waals surface area contributed by atoms with Crippen molar-refractivity contribution in [1.29, 1.82) is 0 Å². The monoisotopic (exact) mass is 292 g/mol. The number of nitrogen functional groups attached to an aromatic ring is 1. The van der Waals surface area contributed by atoms with Crippen molar-refractivity contribution in [1.82, 2.24) is 20.0 Å². The highest BCUT2D eigenvalue weighted by Gasteiger charge is 2.19. The third-order valence-corrected chi connectivity index (χ3v) is 3.04. The van der Waals surface area contributed by atoms with E-state index in [1.54, 1.807) is 24.2 Å². The average molecular weight is 292 g/mol. The highest BCUT2D eigenvalue weighted by atomic mass is 16.5. The van der Waals surface area contributed by atoms with E-state index < -0.39 is 0 Å². The lowest BCUT2D eigenvalue weighted by Gasteiger charge is -2.03. The quantitative estimate of drug-likeness (QED) is 0.741. The van der Waals surface area contributed by atoms with Gasteiger partial charge in [-0.3, -0.25) is 14.6 Å². The minimum Gasteiger partial charge on any atom is -0.395 e. The lowest BCUT2D eigenvalue weighted by Crippen LogP contribution is -2.14. The van der Waals surface area contributed by atoms with Gasteiger partial charge in [0.2, 0.25) is 0 Å². The molecule has 0 aliphatic carbocycles. The standard InChI is InChI=1S/C13H20N6O2/c1-8(2)11-10(14)12(18-17-11)13(20)16-9-6-15-19(7-9)4-5-21-3/h6-8H,4-5,14H2,1-3H3,(H,16,20)(H,17,18). The second-order valence-corrected chi connectivity index (χ2v) is 4.99. The molecule has 0 aliphatic rings. The van der Waals surface area contributed by atoms with E-state index in [9.17, 15) is 4.79 Å². The molecular weight excluding hydrogens is 272 g/mol. The zero-order valence-electron chi connectivity index (χ0n) is 12.4. The van der Waals surface area contributed by atoms with E-state index in [-0.39, 0.29) is 17.5 Å². The van der Waals surface area contributed by atoms with E-state index in [1.807, 2.05) is 13.8 Å². The van der Waals surface area contributed by atoms with E-state index in [0.717, 1.165) is 5.69 Å². The van der Waals surface area contributed by atoms with Gasteiger partial charge in [0.15, 0.2) is 5.69 Å². The number of anilines is 2. The number of ether oxygens (including phenoxy) is 1. The Hall–Kier alpha value is -2.35. The Balaban J connectivity index is 2.06. The molecule has 2 aromatic heterocycles. The minimum absolute atomic E-state index is 0.177. The van der Waals surface area contributed by atoms with E-state index in [2.05, 4.69) is 20.6 Å². The number of nitrogens with zero attached hydrogens (tertiary/aromatic N) is 3. The molecule has 8 heteroatoms.